The van der Waals surface area contributed by atoms with Gasteiger partial charge in [-0.05, 0) is 46.0 Å². The molecule has 1 aromatic rings. The number of carbonyl (C=O) groups excluding carboxylic acids is 1. The fourth-order valence-electron chi connectivity index (χ4n) is 2.55. The Kier molecular flexibility index (Phi) is 6.15. The minimum atomic E-state index is -1.40. The SMILES string of the molecule is COC(C)C(=O)Nc1ccc(F)c(C2CN(C)S(=O)C(C)(C)C(N)=N2)c1. The van der Waals surface area contributed by atoms with Gasteiger partial charge in [0.2, 0.25) is 0 Å². The van der Waals surface area contributed by atoms with E-state index in [1.165, 1.54) is 25.3 Å². The van der Waals surface area contributed by atoms with Crippen LogP contribution in [0.5, 0.6) is 0 Å². The second-order valence-corrected chi connectivity index (χ2v) is 8.85. The van der Waals surface area contributed by atoms with Gasteiger partial charge in [0.25, 0.3) is 5.91 Å². The van der Waals surface area contributed by atoms with Crippen molar-refractivity contribution in [3.8, 4) is 0 Å². The molecule has 1 aliphatic rings. The lowest BCUT2D eigenvalue weighted by Crippen LogP contribution is -2.45. The molecule has 7 nitrogen and oxygen atoms in total. The first-order valence-corrected chi connectivity index (χ1v) is 9.28. The normalized spacial score (nSPS) is 24.5. The molecule has 3 atom stereocenters. The van der Waals surface area contributed by atoms with Crippen LogP contribution in [0.4, 0.5) is 10.1 Å². The van der Waals surface area contributed by atoms with Crippen LogP contribution in [-0.2, 0) is 20.5 Å². The maximum atomic E-state index is 14.5. The third-order valence-electron chi connectivity index (χ3n) is 4.41. The molecular weight excluding hydrogens is 359 g/mol. The van der Waals surface area contributed by atoms with E-state index in [0.29, 0.717) is 5.69 Å². The number of benzene rings is 1. The largest absolute Gasteiger partial charge is 0.386 e. The predicted molar refractivity (Wildman–Crippen MR) is 101 cm³/mol. The van der Waals surface area contributed by atoms with Crippen LogP contribution in [0.1, 0.15) is 32.4 Å². The Balaban J connectivity index is 2.38. The summed E-state index contributed by atoms with van der Waals surface area (Å²) >= 11 is 0. The third kappa shape index (κ3) is 4.11. The fourth-order valence-corrected chi connectivity index (χ4v) is 3.84. The molecule has 1 aromatic carbocycles. The number of nitrogens with two attached hydrogens (primary N) is 1. The van der Waals surface area contributed by atoms with Gasteiger partial charge in [-0.2, -0.15) is 0 Å². The van der Waals surface area contributed by atoms with Gasteiger partial charge in [-0.3, -0.25) is 9.79 Å². The minimum Gasteiger partial charge on any atom is -0.386 e. The molecule has 0 aliphatic carbocycles. The van der Waals surface area contributed by atoms with Crippen LogP contribution < -0.4 is 11.1 Å². The number of rotatable bonds is 4. The number of amidine groups is 1. The standard InChI is InChI=1S/C17H25FN4O3S/c1-10(25-5)15(23)20-11-6-7-13(18)12(8-11)14-9-22(4)26(24)17(2,3)16(19)21-14/h6-8,10,14H,9H2,1-5H3,(H2,19,21)(H,20,23). The van der Waals surface area contributed by atoms with Gasteiger partial charge in [0, 0.05) is 24.9 Å². The van der Waals surface area contributed by atoms with Gasteiger partial charge in [0.15, 0.2) is 0 Å². The van der Waals surface area contributed by atoms with Crippen molar-refractivity contribution >= 4 is 28.4 Å². The summed E-state index contributed by atoms with van der Waals surface area (Å²) in [6.45, 7) is 5.32. The van der Waals surface area contributed by atoms with Crippen molar-refractivity contribution < 1.29 is 18.1 Å². The minimum absolute atomic E-state index is 0.201. The number of hydrogen-bond donors (Lipinski definition) is 2. The van der Waals surface area contributed by atoms with E-state index in [9.17, 15) is 13.4 Å². The van der Waals surface area contributed by atoms with E-state index in [0.717, 1.165) is 0 Å². The van der Waals surface area contributed by atoms with Crippen LogP contribution in [0.2, 0.25) is 0 Å². The Morgan fingerprint density at radius 3 is 2.81 bits per heavy atom. The first-order chi connectivity index (χ1) is 12.1. The average Bonchev–Trinajstić information content (AvgIpc) is 2.67. The van der Waals surface area contributed by atoms with E-state index in [2.05, 4.69) is 10.3 Å². The van der Waals surface area contributed by atoms with Gasteiger partial charge < -0.3 is 15.8 Å². The number of nitrogens with one attached hydrogen (secondary N) is 1. The lowest BCUT2D eigenvalue weighted by atomic mass is 10.0. The van der Waals surface area contributed by atoms with Crippen molar-refractivity contribution in [3.63, 3.8) is 0 Å². The molecule has 1 aliphatic heterocycles. The number of nitrogens with zero attached hydrogens (tertiary/aromatic N) is 2. The van der Waals surface area contributed by atoms with E-state index in [1.54, 1.807) is 32.1 Å². The first kappa shape index (κ1) is 20.5. The summed E-state index contributed by atoms with van der Waals surface area (Å²) < 4.78 is 32.7. The maximum absolute atomic E-state index is 14.5. The third-order valence-corrected chi connectivity index (χ3v) is 6.20. The zero-order chi connectivity index (χ0) is 19.6. The zero-order valence-electron chi connectivity index (χ0n) is 15.6. The number of amides is 1. The van der Waals surface area contributed by atoms with E-state index in [4.69, 9.17) is 10.5 Å². The molecule has 1 amide bonds. The van der Waals surface area contributed by atoms with Crippen molar-refractivity contribution in [1.29, 1.82) is 0 Å². The van der Waals surface area contributed by atoms with Crippen molar-refractivity contribution in [2.75, 3.05) is 26.0 Å². The molecule has 0 aromatic heterocycles. The smallest absolute Gasteiger partial charge is 0.253 e. The average molecular weight is 384 g/mol. The Hall–Kier alpha value is -1.84. The van der Waals surface area contributed by atoms with Gasteiger partial charge >= 0.3 is 0 Å². The van der Waals surface area contributed by atoms with Gasteiger partial charge in [-0.25, -0.2) is 12.9 Å². The molecule has 144 valence electrons. The molecule has 1 heterocycles. The predicted octanol–water partition coefficient (Wildman–Crippen LogP) is 1.59. The fraction of sp³-hybridized carbons (Fsp3) is 0.529. The monoisotopic (exact) mass is 384 g/mol. The second kappa shape index (κ2) is 7.81. The van der Waals surface area contributed by atoms with Crippen molar-refractivity contribution in [2.24, 2.45) is 10.7 Å². The highest BCUT2D eigenvalue weighted by Gasteiger charge is 2.38. The molecule has 2 rings (SSSR count). The number of methoxy groups -OCH3 is 1. The number of likely N-dealkylation sites (N-methyl/N-ethyl adjacent to an activating group) is 1. The quantitative estimate of drug-likeness (QED) is 0.824. The zero-order valence-corrected chi connectivity index (χ0v) is 16.4. The van der Waals surface area contributed by atoms with Crippen molar-refractivity contribution in [1.82, 2.24) is 4.31 Å². The van der Waals surface area contributed by atoms with Crippen LogP contribution in [0.15, 0.2) is 23.2 Å². The number of aliphatic imine (C=N–C) groups is 1. The molecular formula is C17H25FN4O3S. The number of halogens is 1. The molecule has 3 N–H and O–H groups in total. The van der Waals surface area contributed by atoms with E-state index >= 15 is 0 Å². The van der Waals surface area contributed by atoms with Gasteiger partial charge in [0.1, 0.15) is 33.5 Å². The molecule has 9 heteroatoms. The Bertz CT molecular complexity index is 754. The van der Waals surface area contributed by atoms with Gasteiger partial charge in [-0.1, -0.05) is 0 Å². The highest BCUT2D eigenvalue weighted by Crippen LogP contribution is 2.30. The maximum Gasteiger partial charge on any atom is 0.253 e. The number of hydrogen-bond acceptors (Lipinski definition) is 5. The summed E-state index contributed by atoms with van der Waals surface area (Å²) in [5, 5.41) is 2.68. The topological polar surface area (TPSA) is 97.0 Å². The summed E-state index contributed by atoms with van der Waals surface area (Å²) in [6, 6.07) is 3.62. The summed E-state index contributed by atoms with van der Waals surface area (Å²) in [4.78, 5) is 16.4. The first-order valence-electron chi connectivity index (χ1n) is 8.18. The lowest BCUT2D eigenvalue weighted by Gasteiger charge is -2.25. The highest BCUT2D eigenvalue weighted by atomic mass is 32.2. The molecule has 26 heavy (non-hydrogen) atoms. The van der Waals surface area contributed by atoms with E-state index in [-0.39, 0.29) is 23.9 Å². The molecule has 0 saturated carbocycles. The van der Waals surface area contributed by atoms with Crippen LogP contribution >= 0.6 is 0 Å². The molecule has 0 bridgehead atoms. The summed E-state index contributed by atoms with van der Waals surface area (Å²) in [5.41, 5.74) is 6.74. The number of anilines is 1. The van der Waals surface area contributed by atoms with Crippen LogP contribution in [0.25, 0.3) is 0 Å². The summed E-state index contributed by atoms with van der Waals surface area (Å²) in [6.07, 6.45) is -0.635. The molecule has 0 spiro atoms. The van der Waals surface area contributed by atoms with Gasteiger partial charge in [0.05, 0.1) is 6.04 Å². The Morgan fingerprint density at radius 1 is 1.54 bits per heavy atom. The highest BCUT2D eigenvalue weighted by molar-refractivity contribution is 7.85. The lowest BCUT2D eigenvalue weighted by molar-refractivity contribution is -0.124. The Morgan fingerprint density at radius 2 is 2.19 bits per heavy atom. The van der Waals surface area contributed by atoms with Crippen molar-refractivity contribution in [3.05, 3.63) is 29.6 Å². The van der Waals surface area contributed by atoms with Crippen molar-refractivity contribution in [2.45, 2.75) is 37.7 Å². The van der Waals surface area contributed by atoms with Gasteiger partial charge in [-0.15, -0.1) is 0 Å². The van der Waals surface area contributed by atoms with E-state index < -0.39 is 33.7 Å². The van der Waals surface area contributed by atoms with Crippen LogP contribution in [-0.4, -0.2) is 51.8 Å². The van der Waals surface area contributed by atoms with E-state index in [1.807, 2.05) is 0 Å². The Labute approximate surface area is 155 Å². The van der Waals surface area contributed by atoms with Crippen LogP contribution in [0.3, 0.4) is 0 Å². The molecule has 0 saturated heterocycles. The number of ether oxygens (including phenoxy) is 1. The molecule has 0 radical (unpaired) electrons. The summed E-state index contributed by atoms with van der Waals surface area (Å²) in [7, 11) is 1.72. The molecule has 3 unspecified atom stereocenters. The molecule has 0 fully saturated rings. The summed E-state index contributed by atoms with van der Waals surface area (Å²) in [5.74, 6) is -0.608. The van der Waals surface area contributed by atoms with Crippen LogP contribution in [0, 0.1) is 5.82 Å². The second-order valence-electron chi connectivity index (χ2n) is 6.70. The number of carbonyl (C=O) groups is 1.